The van der Waals surface area contributed by atoms with Crippen molar-refractivity contribution >= 4 is 11.8 Å². The van der Waals surface area contributed by atoms with Crippen LogP contribution in [0.4, 0.5) is 0 Å². The summed E-state index contributed by atoms with van der Waals surface area (Å²) in [6.07, 6.45) is 3.03. The topological polar surface area (TPSA) is 29.9 Å². The lowest BCUT2D eigenvalue weighted by molar-refractivity contribution is 0.561. The van der Waals surface area contributed by atoms with Crippen LogP contribution in [0.1, 0.15) is 19.5 Å². The predicted octanol–water partition coefficient (Wildman–Crippen LogP) is 1.69. The minimum absolute atomic E-state index is 0.551. The van der Waals surface area contributed by atoms with Gasteiger partial charge in [0.15, 0.2) is 0 Å². The van der Waals surface area contributed by atoms with Crippen LogP contribution in [0.3, 0.4) is 0 Å². The average Bonchev–Trinajstić information content (AvgIpc) is 2.61. The maximum absolute atomic E-state index is 4.41. The zero-order valence-corrected chi connectivity index (χ0v) is 10.7. The lowest BCUT2D eigenvalue weighted by atomic mass is 10.2. The highest BCUT2D eigenvalue weighted by atomic mass is 32.2. The van der Waals surface area contributed by atoms with Crippen molar-refractivity contribution in [2.45, 2.75) is 26.3 Å². The normalized spacial score (nSPS) is 13.0. The summed E-state index contributed by atoms with van der Waals surface area (Å²) in [5.74, 6) is 2.35. The third kappa shape index (κ3) is 4.71. The maximum Gasteiger partial charge on any atom is 0.0640 e. The number of aryl methyl sites for hydroxylation is 1. The van der Waals surface area contributed by atoms with Crippen molar-refractivity contribution in [1.29, 1.82) is 0 Å². The second-order valence-electron chi connectivity index (χ2n) is 3.60. The predicted molar refractivity (Wildman–Crippen MR) is 67.4 cm³/mol. The Morgan fingerprint density at radius 2 is 2.33 bits per heavy atom. The average molecular weight is 227 g/mol. The molecule has 0 spiro atoms. The number of nitrogens with one attached hydrogen (secondary N) is 1. The molecule has 0 saturated carbocycles. The van der Waals surface area contributed by atoms with Crippen molar-refractivity contribution in [1.82, 2.24) is 15.1 Å². The Balaban J connectivity index is 2.42. The van der Waals surface area contributed by atoms with Gasteiger partial charge in [0.1, 0.15) is 0 Å². The second-order valence-corrected chi connectivity index (χ2v) is 4.92. The van der Waals surface area contributed by atoms with Crippen molar-refractivity contribution in [2.24, 2.45) is 7.05 Å². The largest absolute Gasteiger partial charge is 0.313 e. The molecule has 1 N–H and O–H groups in total. The second kappa shape index (κ2) is 6.90. The monoisotopic (exact) mass is 227 g/mol. The molecule has 0 aliphatic heterocycles. The molecule has 0 saturated heterocycles. The van der Waals surface area contributed by atoms with Crippen LogP contribution in [-0.2, 0) is 13.5 Å². The SMILES string of the molecule is CCNC(CSCC)Cc1ccn(C)n1. The molecule has 1 unspecified atom stereocenters. The summed E-state index contributed by atoms with van der Waals surface area (Å²) < 4.78 is 1.87. The quantitative estimate of drug-likeness (QED) is 0.769. The van der Waals surface area contributed by atoms with E-state index in [0.29, 0.717) is 6.04 Å². The first-order chi connectivity index (χ1) is 7.26. The van der Waals surface area contributed by atoms with E-state index in [2.05, 4.69) is 30.3 Å². The van der Waals surface area contributed by atoms with Crippen LogP contribution in [0.2, 0.25) is 0 Å². The molecule has 0 aromatic carbocycles. The van der Waals surface area contributed by atoms with Crippen molar-refractivity contribution in [2.75, 3.05) is 18.1 Å². The Bertz CT molecular complexity index is 273. The summed E-state index contributed by atoms with van der Waals surface area (Å²) in [5.41, 5.74) is 1.18. The standard InChI is InChI=1S/C11H21N3S/c1-4-12-11(9-15-5-2)8-10-6-7-14(3)13-10/h6-7,11-12H,4-5,8-9H2,1-3H3. The van der Waals surface area contributed by atoms with Crippen molar-refractivity contribution < 1.29 is 0 Å². The lowest BCUT2D eigenvalue weighted by Crippen LogP contribution is -2.33. The Kier molecular flexibility index (Phi) is 5.79. The Morgan fingerprint density at radius 1 is 1.53 bits per heavy atom. The van der Waals surface area contributed by atoms with Crippen molar-refractivity contribution in [3.05, 3.63) is 18.0 Å². The fraction of sp³-hybridized carbons (Fsp3) is 0.727. The van der Waals surface area contributed by atoms with Gasteiger partial charge in [-0.2, -0.15) is 16.9 Å². The fourth-order valence-corrected chi connectivity index (χ4v) is 2.32. The molecular formula is C11H21N3S. The maximum atomic E-state index is 4.41. The molecule has 4 heteroatoms. The summed E-state index contributed by atoms with van der Waals surface area (Å²) in [7, 11) is 1.96. The zero-order chi connectivity index (χ0) is 11.1. The van der Waals surface area contributed by atoms with Crippen LogP contribution >= 0.6 is 11.8 Å². The molecule has 1 aromatic heterocycles. The van der Waals surface area contributed by atoms with Crippen molar-refractivity contribution in [3.63, 3.8) is 0 Å². The number of aromatic nitrogens is 2. The van der Waals surface area contributed by atoms with E-state index in [1.807, 2.05) is 29.7 Å². The smallest absolute Gasteiger partial charge is 0.0640 e. The Hall–Kier alpha value is -0.480. The Morgan fingerprint density at radius 3 is 2.87 bits per heavy atom. The summed E-state index contributed by atoms with van der Waals surface area (Å²) in [6.45, 7) is 5.39. The summed E-state index contributed by atoms with van der Waals surface area (Å²) in [5, 5.41) is 7.91. The molecule has 1 heterocycles. The molecule has 0 bridgehead atoms. The van der Waals surface area contributed by atoms with Crippen LogP contribution in [-0.4, -0.2) is 33.9 Å². The molecule has 0 fully saturated rings. The van der Waals surface area contributed by atoms with Crippen LogP contribution < -0.4 is 5.32 Å². The molecular weight excluding hydrogens is 206 g/mol. The van der Waals surface area contributed by atoms with Gasteiger partial charge < -0.3 is 5.32 Å². The van der Waals surface area contributed by atoms with Gasteiger partial charge in [-0.15, -0.1) is 0 Å². The first-order valence-electron chi connectivity index (χ1n) is 5.55. The molecule has 3 nitrogen and oxygen atoms in total. The fourth-order valence-electron chi connectivity index (χ4n) is 1.56. The van der Waals surface area contributed by atoms with Gasteiger partial charge >= 0.3 is 0 Å². The Labute approximate surface area is 96.6 Å². The van der Waals surface area contributed by atoms with Crippen molar-refractivity contribution in [3.8, 4) is 0 Å². The molecule has 86 valence electrons. The van der Waals surface area contributed by atoms with Crippen LogP contribution in [0.5, 0.6) is 0 Å². The van der Waals surface area contributed by atoms with Gasteiger partial charge in [-0.1, -0.05) is 13.8 Å². The van der Waals surface area contributed by atoms with Crippen LogP contribution in [0, 0.1) is 0 Å². The highest BCUT2D eigenvalue weighted by Gasteiger charge is 2.09. The van der Waals surface area contributed by atoms with E-state index in [4.69, 9.17) is 0 Å². The van der Waals surface area contributed by atoms with Gasteiger partial charge in [0.05, 0.1) is 5.69 Å². The van der Waals surface area contributed by atoms with Gasteiger partial charge in [0.25, 0.3) is 0 Å². The molecule has 0 radical (unpaired) electrons. The number of hydrogen-bond acceptors (Lipinski definition) is 3. The van der Waals surface area contributed by atoms with Crippen LogP contribution in [0.15, 0.2) is 12.3 Å². The van der Waals surface area contributed by atoms with Gasteiger partial charge in [0.2, 0.25) is 0 Å². The van der Waals surface area contributed by atoms with Crippen LogP contribution in [0.25, 0.3) is 0 Å². The molecule has 0 aliphatic rings. The highest BCUT2D eigenvalue weighted by molar-refractivity contribution is 7.99. The van der Waals surface area contributed by atoms with E-state index >= 15 is 0 Å². The van der Waals surface area contributed by atoms with E-state index in [1.165, 1.54) is 17.2 Å². The minimum atomic E-state index is 0.551. The zero-order valence-electron chi connectivity index (χ0n) is 9.86. The minimum Gasteiger partial charge on any atom is -0.313 e. The number of likely N-dealkylation sites (N-methyl/N-ethyl adjacent to an activating group) is 1. The third-order valence-electron chi connectivity index (χ3n) is 2.24. The summed E-state index contributed by atoms with van der Waals surface area (Å²) >= 11 is 1.99. The molecule has 15 heavy (non-hydrogen) atoms. The summed E-state index contributed by atoms with van der Waals surface area (Å²) in [4.78, 5) is 0. The van der Waals surface area contributed by atoms with Gasteiger partial charge in [-0.3, -0.25) is 4.68 Å². The molecule has 0 amide bonds. The lowest BCUT2D eigenvalue weighted by Gasteiger charge is -2.15. The first-order valence-corrected chi connectivity index (χ1v) is 6.71. The number of nitrogens with zero attached hydrogens (tertiary/aromatic N) is 2. The molecule has 1 atom stereocenters. The van der Waals surface area contributed by atoms with E-state index < -0.39 is 0 Å². The number of rotatable bonds is 7. The van der Waals surface area contributed by atoms with E-state index in [0.717, 1.165) is 13.0 Å². The van der Waals surface area contributed by atoms with E-state index in [-0.39, 0.29) is 0 Å². The first kappa shape index (κ1) is 12.6. The van der Waals surface area contributed by atoms with Gasteiger partial charge in [-0.25, -0.2) is 0 Å². The van der Waals surface area contributed by atoms with E-state index in [9.17, 15) is 0 Å². The van der Waals surface area contributed by atoms with E-state index in [1.54, 1.807) is 0 Å². The number of thioether (sulfide) groups is 1. The molecule has 1 rings (SSSR count). The third-order valence-corrected chi connectivity index (χ3v) is 3.29. The highest BCUT2D eigenvalue weighted by Crippen LogP contribution is 2.07. The van der Waals surface area contributed by atoms with Gasteiger partial charge in [0, 0.05) is 31.5 Å². The summed E-state index contributed by atoms with van der Waals surface area (Å²) in [6, 6.07) is 2.65. The number of hydrogen-bond donors (Lipinski definition) is 1. The molecule has 1 aromatic rings. The van der Waals surface area contributed by atoms with Gasteiger partial charge in [-0.05, 0) is 18.4 Å². The molecule has 0 aliphatic carbocycles.